The van der Waals surface area contributed by atoms with Gasteiger partial charge in [-0.05, 0) is 36.2 Å². The zero-order valence-corrected chi connectivity index (χ0v) is 16.2. The highest BCUT2D eigenvalue weighted by molar-refractivity contribution is 8.01. The summed E-state index contributed by atoms with van der Waals surface area (Å²) in [7, 11) is 1.19. The van der Waals surface area contributed by atoms with Gasteiger partial charge in [0.2, 0.25) is 5.91 Å². The molecule has 4 unspecified atom stereocenters. The lowest BCUT2D eigenvalue weighted by Crippen LogP contribution is -2.81. The summed E-state index contributed by atoms with van der Waals surface area (Å²) in [6, 6.07) is 0.271. The number of carbonyl (C=O) groups excluding carboxylic acids is 4. The number of nitrogens with one attached hydrogen (secondary N) is 1. The number of aliphatic carboxylic acids is 2. The number of nitrogens with zero attached hydrogens (tertiary/aromatic N) is 1. The predicted octanol–water partition coefficient (Wildman–Crippen LogP) is -2.15. The number of fused-ring (bicyclic) bond motifs is 1. The van der Waals surface area contributed by atoms with E-state index in [2.05, 4.69) is 5.32 Å². The van der Waals surface area contributed by atoms with Crippen molar-refractivity contribution >= 4 is 46.9 Å². The van der Waals surface area contributed by atoms with E-state index in [0.29, 0.717) is 0 Å². The van der Waals surface area contributed by atoms with Crippen LogP contribution in [0.2, 0.25) is 0 Å². The lowest BCUT2D eigenvalue weighted by molar-refractivity contribution is -0.314. The Morgan fingerprint density at radius 2 is 2.00 bits per heavy atom. The number of methoxy groups -OCH3 is 1. The maximum absolute atomic E-state index is 12.7. The first kappa shape index (κ1) is 19.6. The second-order valence-corrected chi connectivity index (χ2v) is 9.26. The van der Waals surface area contributed by atoms with Crippen LogP contribution in [0.15, 0.2) is 16.8 Å². The summed E-state index contributed by atoms with van der Waals surface area (Å²) in [4.78, 5) is 49.4. The number of rotatable bonds is 6. The van der Waals surface area contributed by atoms with Gasteiger partial charge in [-0.2, -0.15) is 11.3 Å². The maximum atomic E-state index is 12.7. The van der Waals surface area contributed by atoms with E-state index in [1.54, 1.807) is 19.2 Å². The van der Waals surface area contributed by atoms with Crippen molar-refractivity contribution in [3.63, 3.8) is 0 Å². The second-order valence-electron chi connectivity index (χ2n) is 6.75. The molecule has 2 aliphatic rings. The second kappa shape index (κ2) is 6.50. The molecular weight excluding hydrogens is 396 g/mol. The highest BCUT2D eigenvalue weighted by atomic mass is 32.2. The molecule has 2 aliphatic heterocycles. The number of thiophene rings is 1. The summed E-state index contributed by atoms with van der Waals surface area (Å²) in [6.07, 6.45) is 0. The number of amides is 2. The summed E-state index contributed by atoms with van der Waals surface area (Å²) < 4.78 is 4.39. The van der Waals surface area contributed by atoms with Crippen molar-refractivity contribution in [2.24, 2.45) is 0 Å². The summed E-state index contributed by atoms with van der Waals surface area (Å²) in [5.74, 6) is -6.39. The molecule has 2 saturated heterocycles. The Bertz CT molecular complexity index is 810. The first-order valence-electron chi connectivity index (χ1n) is 7.88. The molecule has 3 rings (SSSR count). The average Bonchev–Trinajstić information content (AvgIpc) is 3.16. The van der Waals surface area contributed by atoms with Gasteiger partial charge in [0.05, 0.1) is 18.0 Å². The Kier molecular flexibility index (Phi) is 4.73. The molecule has 1 N–H and O–H groups in total. The number of carboxylic acid groups (broad SMARTS) is 2. The number of hydrogen-bond donors (Lipinski definition) is 1. The van der Waals surface area contributed by atoms with Crippen LogP contribution in [0.4, 0.5) is 0 Å². The van der Waals surface area contributed by atoms with Crippen molar-refractivity contribution in [3.05, 3.63) is 22.4 Å². The lowest BCUT2D eigenvalue weighted by Gasteiger charge is -2.52. The third-order valence-corrected chi connectivity index (χ3v) is 7.05. The number of β-lactam (4-membered cyclic amide) rings is 1. The summed E-state index contributed by atoms with van der Waals surface area (Å²) in [5, 5.41) is 27.6. The third-order valence-electron chi connectivity index (χ3n) is 4.73. The van der Waals surface area contributed by atoms with E-state index in [-0.39, 0.29) is 5.56 Å². The Morgan fingerprint density at radius 1 is 1.33 bits per heavy atom. The van der Waals surface area contributed by atoms with E-state index in [1.165, 1.54) is 29.9 Å². The van der Waals surface area contributed by atoms with Crippen LogP contribution < -0.4 is 15.5 Å². The number of hydrogen-bond acceptors (Lipinski definition) is 9. The fraction of sp³-hybridized carbons (Fsp3) is 0.500. The van der Waals surface area contributed by atoms with Crippen molar-refractivity contribution in [1.82, 2.24) is 10.2 Å². The molecule has 0 spiro atoms. The van der Waals surface area contributed by atoms with E-state index in [0.717, 1.165) is 16.7 Å². The van der Waals surface area contributed by atoms with Gasteiger partial charge in [-0.15, -0.1) is 11.8 Å². The van der Waals surface area contributed by atoms with Gasteiger partial charge in [-0.3, -0.25) is 9.59 Å². The molecule has 2 fully saturated rings. The summed E-state index contributed by atoms with van der Waals surface area (Å²) in [6.45, 7) is 3.28. The van der Waals surface area contributed by atoms with Gasteiger partial charge < -0.3 is 34.8 Å². The van der Waals surface area contributed by atoms with E-state index in [9.17, 15) is 29.4 Å². The normalized spacial score (nSPS) is 29.6. The minimum Gasteiger partial charge on any atom is -0.549 e. The van der Waals surface area contributed by atoms with Gasteiger partial charge in [-0.1, -0.05) is 0 Å². The van der Waals surface area contributed by atoms with Gasteiger partial charge in [-0.25, -0.2) is 0 Å². The molecule has 0 saturated carbocycles. The molecule has 0 aliphatic carbocycles. The third kappa shape index (κ3) is 2.80. The maximum Gasteiger partial charge on any atom is 0.280 e. The predicted molar refractivity (Wildman–Crippen MR) is 91.0 cm³/mol. The lowest BCUT2D eigenvalue weighted by atomic mass is 9.92. The first-order chi connectivity index (χ1) is 12.6. The standard InChI is InChI=1S/C16H18N2O7S2/c1-15(2)9(12(22)23)18-13(24)16(25-3,14(18)27-15)17-10(19)8(11(20)21)7-4-5-26-6-7/h4-6,8-9,14H,1-3H3,(H,17,19)(H,20,21)(H,22,23)/p-2. The van der Waals surface area contributed by atoms with Crippen LogP contribution in [0.1, 0.15) is 25.3 Å². The zero-order valence-electron chi connectivity index (χ0n) is 14.6. The molecule has 1 aromatic rings. The van der Waals surface area contributed by atoms with Crippen molar-refractivity contribution in [1.29, 1.82) is 0 Å². The molecule has 0 radical (unpaired) electrons. The minimum absolute atomic E-state index is 0.222. The number of carbonyl (C=O) groups is 4. The van der Waals surface area contributed by atoms with Gasteiger partial charge >= 0.3 is 0 Å². The number of carboxylic acids is 2. The van der Waals surface area contributed by atoms with Crippen molar-refractivity contribution in [2.45, 2.75) is 41.7 Å². The Hall–Kier alpha value is -2.11. The average molecular weight is 412 g/mol. The molecule has 1 aromatic heterocycles. The Balaban J connectivity index is 1.89. The highest BCUT2D eigenvalue weighted by Crippen LogP contribution is 2.54. The summed E-state index contributed by atoms with van der Waals surface area (Å²) in [5.41, 5.74) is -1.63. The SMILES string of the molecule is COC1(NC(=O)C(C(=O)[O-])c2ccsc2)C(=O)N2C(C(=O)[O-])C(C)(C)SC21. The zero-order chi connectivity index (χ0) is 20.1. The van der Waals surface area contributed by atoms with Crippen LogP contribution in [0.3, 0.4) is 0 Å². The van der Waals surface area contributed by atoms with Gasteiger partial charge in [0.15, 0.2) is 0 Å². The first-order valence-corrected chi connectivity index (χ1v) is 9.70. The van der Waals surface area contributed by atoms with Crippen LogP contribution in [0.25, 0.3) is 0 Å². The highest BCUT2D eigenvalue weighted by Gasteiger charge is 2.72. The van der Waals surface area contributed by atoms with Crippen molar-refractivity contribution < 1.29 is 34.1 Å². The smallest absolute Gasteiger partial charge is 0.280 e. The quantitative estimate of drug-likeness (QED) is 0.317. The van der Waals surface area contributed by atoms with Crippen molar-refractivity contribution in [3.8, 4) is 0 Å². The van der Waals surface area contributed by atoms with Crippen molar-refractivity contribution in [2.75, 3.05) is 7.11 Å². The molecule has 9 nitrogen and oxygen atoms in total. The van der Waals surface area contributed by atoms with Crippen LogP contribution in [-0.2, 0) is 23.9 Å². The van der Waals surface area contributed by atoms with Gasteiger partial charge in [0, 0.05) is 11.9 Å². The molecule has 3 heterocycles. The Morgan fingerprint density at radius 3 is 2.48 bits per heavy atom. The molecule has 146 valence electrons. The Labute approximate surface area is 162 Å². The fourth-order valence-corrected chi connectivity index (χ4v) is 5.81. The minimum atomic E-state index is -1.85. The summed E-state index contributed by atoms with van der Waals surface area (Å²) >= 11 is 2.34. The van der Waals surface area contributed by atoms with E-state index >= 15 is 0 Å². The largest absolute Gasteiger partial charge is 0.549 e. The van der Waals surface area contributed by atoms with E-state index in [1.807, 2.05) is 0 Å². The number of ether oxygens (including phenoxy) is 1. The molecule has 0 bridgehead atoms. The topological polar surface area (TPSA) is 139 Å². The molecule has 0 aromatic carbocycles. The van der Waals surface area contributed by atoms with Crippen LogP contribution in [-0.4, -0.2) is 57.7 Å². The van der Waals surface area contributed by atoms with Gasteiger partial charge in [0.25, 0.3) is 11.6 Å². The van der Waals surface area contributed by atoms with E-state index < -0.39 is 51.6 Å². The fourth-order valence-electron chi connectivity index (χ4n) is 3.45. The number of thioether (sulfide) groups is 1. The van der Waals surface area contributed by atoms with Crippen LogP contribution in [0, 0.1) is 0 Å². The van der Waals surface area contributed by atoms with Crippen LogP contribution in [0.5, 0.6) is 0 Å². The molecule has 27 heavy (non-hydrogen) atoms. The van der Waals surface area contributed by atoms with E-state index in [4.69, 9.17) is 4.74 Å². The van der Waals surface area contributed by atoms with Gasteiger partial charge in [0.1, 0.15) is 11.3 Å². The van der Waals surface area contributed by atoms with Crippen LogP contribution >= 0.6 is 23.1 Å². The monoisotopic (exact) mass is 412 g/mol. The molecule has 2 amide bonds. The molecular formula is C16H16N2O7S2-2. The molecule has 11 heteroatoms. The molecule has 4 atom stereocenters.